The summed E-state index contributed by atoms with van der Waals surface area (Å²) in [7, 11) is 0. The summed E-state index contributed by atoms with van der Waals surface area (Å²) in [4.78, 5) is 47.6. The number of carboxylic acid groups (broad SMARTS) is 1. The summed E-state index contributed by atoms with van der Waals surface area (Å²) < 4.78 is 5.95. The van der Waals surface area contributed by atoms with E-state index in [2.05, 4.69) is 140 Å². The Morgan fingerprint density at radius 1 is 0.500 bits per heavy atom. The Bertz CT molecular complexity index is 1410. The highest BCUT2D eigenvalue weighted by atomic mass is 16.5. The zero-order valence-electron chi connectivity index (χ0n) is 36.9. The standard InChI is InChI=1S/C51H78N2O7/c1-3-5-7-9-11-13-15-17-18-19-20-21-22-24-26-28-30-35-39-43-50(57)60-46(40-36-32-29-27-25-23-16-14-12-10-8-6-4-2)41-37-33-31-34-38-42-48(55)52-44-49(56)53-47(45-54)51(58)59/h5-8,11-14,17-18,20-21,23-26,29-30,32,35,46-47,54H,3-4,9-10,15-16,19,22,27-28,31,33-34,36-45H2,1-2H3,(H,52,55)(H,53,56)(H,58,59)/b7-5-,8-6-,13-11-,14-12-,18-17-,21-20-,25-23-,26-24-,32-29-,35-30-. The molecule has 2 amide bonds. The van der Waals surface area contributed by atoms with E-state index in [1.165, 1.54) is 0 Å². The number of unbranched alkanes of at least 4 members (excludes halogenated alkanes) is 4. The number of ether oxygens (including phenoxy) is 1. The van der Waals surface area contributed by atoms with E-state index in [-0.39, 0.29) is 30.9 Å². The van der Waals surface area contributed by atoms with Gasteiger partial charge in [0.2, 0.25) is 11.8 Å². The van der Waals surface area contributed by atoms with Gasteiger partial charge in [-0.05, 0) is 103 Å². The van der Waals surface area contributed by atoms with Crippen molar-refractivity contribution >= 4 is 23.8 Å². The van der Waals surface area contributed by atoms with Gasteiger partial charge in [0.05, 0.1) is 13.2 Å². The summed E-state index contributed by atoms with van der Waals surface area (Å²) in [6.07, 6.45) is 60.9. The number of nitrogens with one attached hydrogen (secondary N) is 2. The Hall–Kier alpha value is -4.76. The lowest BCUT2D eigenvalue weighted by Crippen LogP contribution is -2.47. The van der Waals surface area contributed by atoms with Crippen molar-refractivity contribution in [2.45, 2.75) is 161 Å². The molecule has 2 atom stereocenters. The number of allylic oxidation sites excluding steroid dienone is 20. The molecule has 9 heteroatoms. The van der Waals surface area contributed by atoms with Crippen molar-refractivity contribution in [1.82, 2.24) is 10.6 Å². The molecular formula is C51H78N2O7. The number of carbonyl (C=O) groups excluding carboxylic acids is 3. The first-order chi connectivity index (χ1) is 29.3. The maximum Gasteiger partial charge on any atom is 0.328 e. The number of hydrogen-bond donors (Lipinski definition) is 4. The van der Waals surface area contributed by atoms with Crippen molar-refractivity contribution in [3.8, 4) is 0 Å². The Morgan fingerprint density at radius 2 is 0.917 bits per heavy atom. The predicted molar refractivity (Wildman–Crippen MR) is 249 cm³/mol. The molecule has 0 heterocycles. The van der Waals surface area contributed by atoms with Gasteiger partial charge in [0.1, 0.15) is 12.1 Å². The number of amides is 2. The van der Waals surface area contributed by atoms with Gasteiger partial charge >= 0.3 is 11.9 Å². The molecule has 0 aromatic heterocycles. The van der Waals surface area contributed by atoms with E-state index in [4.69, 9.17) is 14.9 Å². The Balaban J connectivity index is 4.58. The smallest absolute Gasteiger partial charge is 0.328 e. The van der Waals surface area contributed by atoms with Gasteiger partial charge in [-0.25, -0.2) is 4.79 Å². The minimum atomic E-state index is -1.40. The Kier molecular flexibility index (Phi) is 40.3. The zero-order chi connectivity index (χ0) is 44.0. The van der Waals surface area contributed by atoms with Crippen LogP contribution in [0.3, 0.4) is 0 Å². The van der Waals surface area contributed by atoms with Crippen LogP contribution < -0.4 is 10.6 Å². The molecule has 0 aliphatic rings. The van der Waals surface area contributed by atoms with Gasteiger partial charge in [0.25, 0.3) is 0 Å². The maximum atomic E-state index is 12.8. The lowest BCUT2D eigenvalue weighted by molar-refractivity contribution is -0.149. The topological polar surface area (TPSA) is 142 Å². The van der Waals surface area contributed by atoms with Gasteiger partial charge in [0.15, 0.2) is 0 Å². The molecule has 9 nitrogen and oxygen atoms in total. The summed E-state index contributed by atoms with van der Waals surface area (Å²) in [5, 5.41) is 22.5. The Labute approximate surface area is 363 Å². The molecule has 0 saturated carbocycles. The van der Waals surface area contributed by atoms with Gasteiger partial charge in [-0.1, -0.05) is 155 Å². The fourth-order valence-corrected chi connectivity index (χ4v) is 5.61. The quantitative estimate of drug-likeness (QED) is 0.0276. The third-order valence-electron chi connectivity index (χ3n) is 8.98. The molecular weight excluding hydrogens is 753 g/mol. The monoisotopic (exact) mass is 831 g/mol. The van der Waals surface area contributed by atoms with Gasteiger partial charge in [-0.15, -0.1) is 0 Å². The molecule has 4 N–H and O–H groups in total. The molecule has 60 heavy (non-hydrogen) atoms. The number of rotatable bonds is 38. The van der Waals surface area contributed by atoms with Crippen LogP contribution in [0.15, 0.2) is 122 Å². The number of esters is 1. The van der Waals surface area contributed by atoms with Crippen LogP contribution in [-0.2, 0) is 23.9 Å². The summed E-state index contributed by atoms with van der Waals surface area (Å²) in [5.41, 5.74) is 0. The first-order valence-electron chi connectivity index (χ1n) is 22.4. The van der Waals surface area contributed by atoms with Gasteiger partial charge in [0, 0.05) is 12.8 Å². The molecule has 0 spiro atoms. The first-order valence-corrected chi connectivity index (χ1v) is 22.4. The highest BCUT2D eigenvalue weighted by Crippen LogP contribution is 2.16. The Morgan fingerprint density at radius 3 is 1.37 bits per heavy atom. The highest BCUT2D eigenvalue weighted by molar-refractivity contribution is 5.87. The average molecular weight is 831 g/mol. The second-order valence-electron chi connectivity index (χ2n) is 14.4. The van der Waals surface area contributed by atoms with Gasteiger partial charge in [-0.2, -0.15) is 0 Å². The van der Waals surface area contributed by atoms with Gasteiger partial charge in [-0.3, -0.25) is 14.4 Å². The zero-order valence-corrected chi connectivity index (χ0v) is 36.9. The van der Waals surface area contributed by atoms with Crippen LogP contribution in [0.2, 0.25) is 0 Å². The number of hydrogen-bond acceptors (Lipinski definition) is 6. The van der Waals surface area contributed by atoms with Crippen LogP contribution in [0.25, 0.3) is 0 Å². The maximum absolute atomic E-state index is 12.8. The van der Waals surface area contributed by atoms with E-state index in [0.717, 1.165) is 109 Å². The van der Waals surface area contributed by atoms with Crippen molar-refractivity contribution in [3.63, 3.8) is 0 Å². The predicted octanol–water partition coefficient (Wildman–Crippen LogP) is 11.4. The summed E-state index contributed by atoms with van der Waals surface area (Å²) in [5.74, 6) is -2.47. The third-order valence-corrected chi connectivity index (χ3v) is 8.98. The number of carbonyl (C=O) groups is 4. The van der Waals surface area contributed by atoms with Crippen molar-refractivity contribution in [2.75, 3.05) is 13.2 Å². The van der Waals surface area contributed by atoms with Crippen molar-refractivity contribution in [3.05, 3.63) is 122 Å². The van der Waals surface area contributed by atoms with E-state index in [9.17, 15) is 19.2 Å². The van der Waals surface area contributed by atoms with E-state index >= 15 is 0 Å². The second kappa shape index (κ2) is 43.8. The molecule has 0 aliphatic carbocycles. The van der Waals surface area contributed by atoms with E-state index in [1.807, 2.05) is 6.08 Å². The van der Waals surface area contributed by atoms with E-state index in [0.29, 0.717) is 19.3 Å². The summed E-state index contributed by atoms with van der Waals surface area (Å²) in [6.45, 7) is 3.21. The first kappa shape index (κ1) is 55.2. The summed E-state index contributed by atoms with van der Waals surface area (Å²) in [6, 6.07) is -1.40. The van der Waals surface area contributed by atoms with Crippen LogP contribution in [-0.4, -0.2) is 59.3 Å². The van der Waals surface area contributed by atoms with Gasteiger partial charge < -0.3 is 25.6 Å². The molecule has 2 unspecified atom stereocenters. The molecule has 0 radical (unpaired) electrons. The molecule has 0 fully saturated rings. The SMILES string of the molecule is CC/C=C\C/C=C\C/C=C\C/C=C\C/C=C\C/C=C\CCC(=O)OC(CC/C=C\C/C=C\C/C=C\C/C=C\CC)CCCCCCCC(=O)NCC(=O)NC(CO)C(=O)O. The molecule has 0 aromatic rings. The molecule has 334 valence electrons. The molecule has 0 aromatic carbocycles. The van der Waals surface area contributed by atoms with Crippen LogP contribution in [0, 0.1) is 0 Å². The minimum Gasteiger partial charge on any atom is -0.480 e. The van der Waals surface area contributed by atoms with Crippen molar-refractivity contribution in [1.29, 1.82) is 0 Å². The normalized spacial score (nSPS) is 13.7. The molecule has 0 aliphatic heterocycles. The summed E-state index contributed by atoms with van der Waals surface area (Å²) >= 11 is 0. The lowest BCUT2D eigenvalue weighted by Gasteiger charge is -2.17. The molecule has 0 bridgehead atoms. The van der Waals surface area contributed by atoms with Crippen LogP contribution >= 0.6 is 0 Å². The third kappa shape index (κ3) is 40.0. The van der Waals surface area contributed by atoms with Crippen LogP contribution in [0.1, 0.15) is 149 Å². The number of aliphatic hydroxyl groups is 1. The minimum absolute atomic E-state index is 0.140. The fourth-order valence-electron chi connectivity index (χ4n) is 5.61. The van der Waals surface area contributed by atoms with Crippen molar-refractivity contribution in [2.24, 2.45) is 0 Å². The molecule has 0 rings (SSSR count). The number of aliphatic hydroxyl groups excluding tert-OH is 1. The lowest BCUT2D eigenvalue weighted by atomic mass is 10.0. The fraction of sp³-hybridized carbons (Fsp3) is 0.529. The number of aliphatic carboxylic acids is 1. The highest BCUT2D eigenvalue weighted by Gasteiger charge is 2.18. The molecule has 0 saturated heterocycles. The van der Waals surface area contributed by atoms with Crippen LogP contribution in [0.4, 0.5) is 0 Å². The van der Waals surface area contributed by atoms with E-state index < -0.39 is 24.5 Å². The van der Waals surface area contributed by atoms with E-state index in [1.54, 1.807) is 0 Å². The van der Waals surface area contributed by atoms with Crippen LogP contribution in [0.5, 0.6) is 0 Å². The number of carboxylic acids is 1. The largest absolute Gasteiger partial charge is 0.480 e. The second-order valence-corrected chi connectivity index (χ2v) is 14.4. The van der Waals surface area contributed by atoms with Crippen molar-refractivity contribution < 1.29 is 34.1 Å². The average Bonchev–Trinajstić information content (AvgIpc) is 3.23.